The van der Waals surface area contributed by atoms with Gasteiger partial charge in [0.25, 0.3) is 0 Å². The SMILES string of the molecule is CC1(C)Cc2cc(F)ccc2O1. The van der Waals surface area contributed by atoms with E-state index in [2.05, 4.69) is 0 Å². The van der Waals surface area contributed by atoms with Crippen LogP contribution in [-0.4, -0.2) is 5.60 Å². The molecule has 12 heavy (non-hydrogen) atoms. The summed E-state index contributed by atoms with van der Waals surface area (Å²) >= 11 is 0. The molecule has 2 rings (SSSR count). The van der Waals surface area contributed by atoms with Crippen molar-refractivity contribution in [1.82, 2.24) is 0 Å². The van der Waals surface area contributed by atoms with Crippen LogP contribution in [0, 0.1) is 5.82 Å². The molecule has 1 heterocycles. The molecule has 1 aliphatic heterocycles. The Hall–Kier alpha value is -1.05. The molecule has 0 N–H and O–H groups in total. The second kappa shape index (κ2) is 2.22. The van der Waals surface area contributed by atoms with Crippen molar-refractivity contribution in [3.63, 3.8) is 0 Å². The summed E-state index contributed by atoms with van der Waals surface area (Å²) in [5, 5.41) is 0. The van der Waals surface area contributed by atoms with Crippen LogP contribution in [0.5, 0.6) is 5.75 Å². The average Bonchev–Trinajstić information content (AvgIpc) is 2.21. The molecule has 1 nitrogen and oxygen atoms in total. The van der Waals surface area contributed by atoms with Gasteiger partial charge in [-0.3, -0.25) is 0 Å². The lowest BCUT2D eigenvalue weighted by atomic mass is 10.0. The minimum atomic E-state index is -0.185. The first-order valence-electron chi connectivity index (χ1n) is 4.04. The Morgan fingerprint density at radius 2 is 2.17 bits per heavy atom. The van der Waals surface area contributed by atoms with Gasteiger partial charge in [-0.15, -0.1) is 0 Å². The molecular weight excluding hydrogens is 155 g/mol. The highest BCUT2D eigenvalue weighted by atomic mass is 19.1. The fraction of sp³-hybridized carbons (Fsp3) is 0.400. The zero-order valence-electron chi connectivity index (χ0n) is 7.23. The van der Waals surface area contributed by atoms with Gasteiger partial charge in [0.15, 0.2) is 0 Å². The zero-order valence-corrected chi connectivity index (χ0v) is 7.23. The Bertz CT molecular complexity index is 318. The molecule has 0 fully saturated rings. The number of rotatable bonds is 0. The predicted octanol–water partition coefficient (Wildman–Crippen LogP) is 2.54. The minimum Gasteiger partial charge on any atom is -0.487 e. The second-order valence-corrected chi connectivity index (χ2v) is 3.79. The lowest BCUT2D eigenvalue weighted by Gasteiger charge is -2.16. The fourth-order valence-electron chi connectivity index (χ4n) is 1.58. The van der Waals surface area contributed by atoms with Crippen LogP contribution in [0.2, 0.25) is 0 Å². The highest BCUT2D eigenvalue weighted by Crippen LogP contribution is 2.34. The van der Waals surface area contributed by atoms with Gasteiger partial charge in [-0.2, -0.15) is 0 Å². The van der Waals surface area contributed by atoms with E-state index in [-0.39, 0.29) is 11.4 Å². The lowest BCUT2D eigenvalue weighted by molar-refractivity contribution is 0.138. The van der Waals surface area contributed by atoms with E-state index in [9.17, 15) is 4.39 Å². The standard InChI is InChI=1S/C10H11FO/c1-10(2)6-7-5-8(11)3-4-9(7)12-10/h3-5H,6H2,1-2H3. The van der Waals surface area contributed by atoms with Crippen molar-refractivity contribution in [2.24, 2.45) is 0 Å². The summed E-state index contributed by atoms with van der Waals surface area (Å²) < 4.78 is 18.3. The zero-order chi connectivity index (χ0) is 8.77. The summed E-state index contributed by atoms with van der Waals surface area (Å²) in [5.74, 6) is 0.636. The Kier molecular flexibility index (Phi) is 1.40. The van der Waals surface area contributed by atoms with Crippen molar-refractivity contribution in [3.8, 4) is 5.75 Å². The van der Waals surface area contributed by atoms with Gasteiger partial charge in [0.1, 0.15) is 17.2 Å². The molecule has 0 atom stereocenters. The average molecular weight is 166 g/mol. The van der Waals surface area contributed by atoms with Gasteiger partial charge < -0.3 is 4.74 Å². The van der Waals surface area contributed by atoms with Crippen LogP contribution >= 0.6 is 0 Å². The summed E-state index contributed by atoms with van der Waals surface area (Å²) in [7, 11) is 0. The number of fused-ring (bicyclic) bond motifs is 1. The molecule has 0 unspecified atom stereocenters. The molecule has 0 radical (unpaired) electrons. The van der Waals surface area contributed by atoms with Gasteiger partial charge in [0.05, 0.1) is 0 Å². The summed E-state index contributed by atoms with van der Waals surface area (Å²) in [6, 6.07) is 4.67. The van der Waals surface area contributed by atoms with Crippen molar-refractivity contribution in [3.05, 3.63) is 29.6 Å². The van der Waals surface area contributed by atoms with Crippen LogP contribution in [0.4, 0.5) is 4.39 Å². The Morgan fingerprint density at radius 1 is 1.42 bits per heavy atom. The van der Waals surface area contributed by atoms with Crippen molar-refractivity contribution < 1.29 is 9.13 Å². The van der Waals surface area contributed by atoms with Crippen LogP contribution < -0.4 is 4.74 Å². The van der Waals surface area contributed by atoms with E-state index >= 15 is 0 Å². The molecule has 0 aliphatic carbocycles. The van der Waals surface area contributed by atoms with E-state index in [4.69, 9.17) is 4.74 Å². The van der Waals surface area contributed by atoms with Crippen molar-refractivity contribution in [2.45, 2.75) is 25.9 Å². The lowest BCUT2D eigenvalue weighted by Crippen LogP contribution is -2.24. The van der Waals surface area contributed by atoms with E-state index in [0.29, 0.717) is 0 Å². The molecule has 64 valence electrons. The molecular formula is C10H11FO. The maximum Gasteiger partial charge on any atom is 0.123 e. The molecule has 0 spiro atoms. The minimum absolute atomic E-state index is 0.171. The predicted molar refractivity (Wildman–Crippen MR) is 44.8 cm³/mol. The van der Waals surface area contributed by atoms with Gasteiger partial charge in [-0.05, 0) is 32.0 Å². The molecule has 1 aliphatic rings. The molecule has 2 heteroatoms. The summed E-state index contributed by atoms with van der Waals surface area (Å²) in [6.45, 7) is 4.01. The Labute approximate surface area is 71.2 Å². The molecule has 0 amide bonds. The normalized spacial score (nSPS) is 18.6. The largest absolute Gasteiger partial charge is 0.487 e. The van der Waals surface area contributed by atoms with E-state index in [0.717, 1.165) is 17.7 Å². The smallest absolute Gasteiger partial charge is 0.123 e. The van der Waals surface area contributed by atoms with Crippen LogP contribution in [0.15, 0.2) is 18.2 Å². The molecule has 0 saturated carbocycles. The van der Waals surface area contributed by atoms with Crippen LogP contribution in [0.3, 0.4) is 0 Å². The third-order valence-electron chi connectivity index (χ3n) is 2.02. The summed E-state index contributed by atoms with van der Waals surface area (Å²) in [5.41, 5.74) is 0.802. The van der Waals surface area contributed by atoms with Gasteiger partial charge in [0.2, 0.25) is 0 Å². The summed E-state index contributed by atoms with van der Waals surface area (Å²) in [4.78, 5) is 0. The van der Waals surface area contributed by atoms with Gasteiger partial charge in [-0.25, -0.2) is 4.39 Å². The molecule has 0 bridgehead atoms. The first-order valence-corrected chi connectivity index (χ1v) is 4.04. The van der Waals surface area contributed by atoms with E-state index in [1.807, 2.05) is 13.8 Å². The Morgan fingerprint density at radius 3 is 2.92 bits per heavy atom. The van der Waals surface area contributed by atoms with E-state index in [1.54, 1.807) is 12.1 Å². The van der Waals surface area contributed by atoms with Crippen molar-refractivity contribution >= 4 is 0 Å². The molecule has 0 saturated heterocycles. The number of hydrogen-bond donors (Lipinski definition) is 0. The number of halogens is 1. The summed E-state index contributed by atoms with van der Waals surface area (Å²) in [6.07, 6.45) is 0.792. The molecule has 1 aromatic carbocycles. The van der Waals surface area contributed by atoms with Crippen molar-refractivity contribution in [1.29, 1.82) is 0 Å². The maximum absolute atomic E-state index is 12.8. The maximum atomic E-state index is 12.8. The highest BCUT2D eigenvalue weighted by Gasteiger charge is 2.29. The van der Waals surface area contributed by atoms with Gasteiger partial charge in [0, 0.05) is 12.0 Å². The third-order valence-corrected chi connectivity index (χ3v) is 2.02. The highest BCUT2D eigenvalue weighted by molar-refractivity contribution is 5.39. The topological polar surface area (TPSA) is 9.23 Å². The second-order valence-electron chi connectivity index (χ2n) is 3.79. The third kappa shape index (κ3) is 1.17. The van der Waals surface area contributed by atoms with E-state index < -0.39 is 0 Å². The van der Waals surface area contributed by atoms with Crippen LogP contribution in [-0.2, 0) is 6.42 Å². The first-order chi connectivity index (χ1) is 5.57. The fourth-order valence-corrected chi connectivity index (χ4v) is 1.58. The number of benzene rings is 1. The van der Waals surface area contributed by atoms with Gasteiger partial charge in [-0.1, -0.05) is 0 Å². The van der Waals surface area contributed by atoms with E-state index in [1.165, 1.54) is 6.07 Å². The van der Waals surface area contributed by atoms with Crippen LogP contribution in [0.1, 0.15) is 19.4 Å². The molecule has 0 aromatic heterocycles. The van der Waals surface area contributed by atoms with Crippen molar-refractivity contribution in [2.75, 3.05) is 0 Å². The first kappa shape index (κ1) is 7.59. The number of hydrogen-bond acceptors (Lipinski definition) is 1. The van der Waals surface area contributed by atoms with Crippen LogP contribution in [0.25, 0.3) is 0 Å². The monoisotopic (exact) mass is 166 g/mol. The molecule has 1 aromatic rings. The van der Waals surface area contributed by atoms with Gasteiger partial charge >= 0.3 is 0 Å². The Balaban J connectivity index is 2.43. The quantitative estimate of drug-likeness (QED) is 0.575. The number of ether oxygens (including phenoxy) is 1.